The van der Waals surface area contributed by atoms with Crippen LogP contribution in [0.4, 0.5) is 0 Å². The van der Waals surface area contributed by atoms with Gasteiger partial charge in [0.2, 0.25) is 0 Å². The third-order valence-electron chi connectivity index (χ3n) is 2.51. The van der Waals surface area contributed by atoms with Gasteiger partial charge in [-0.3, -0.25) is 0 Å². The quantitative estimate of drug-likeness (QED) is 0.567. The maximum Gasteiger partial charge on any atom is 0.335 e. The van der Waals surface area contributed by atoms with Crippen LogP contribution in [-0.2, 0) is 0 Å². The topological polar surface area (TPSA) is 37.3 Å². The van der Waals surface area contributed by atoms with Crippen LogP contribution in [-0.4, -0.2) is 11.1 Å². The molecule has 0 saturated carbocycles. The highest BCUT2D eigenvalue weighted by molar-refractivity contribution is 6.51. The molecule has 0 aliphatic carbocycles. The zero-order valence-electron chi connectivity index (χ0n) is 9.25. The molecule has 2 nitrogen and oxygen atoms in total. The highest BCUT2D eigenvalue weighted by atomic mass is 35.5. The number of aromatic carboxylic acids is 1. The average molecular weight is 336 g/mol. The van der Waals surface area contributed by atoms with Gasteiger partial charge in [0, 0.05) is 5.56 Å². The Balaban J connectivity index is 2.69. The first-order valence-electron chi connectivity index (χ1n) is 5.08. The molecule has 0 aromatic heterocycles. The van der Waals surface area contributed by atoms with Gasteiger partial charge in [0.05, 0.1) is 25.7 Å². The summed E-state index contributed by atoms with van der Waals surface area (Å²) in [4.78, 5) is 11.0. The van der Waals surface area contributed by atoms with E-state index in [4.69, 9.17) is 51.5 Å². The van der Waals surface area contributed by atoms with Crippen LogP contribution < -0.4 is 0 Å². The third kappa shape index (κ3) is 2.82. The number of halogens is 4. The Morgan fingerprint density at radius 3 is 2.26 bits per heavy atom. The van der Waals surface area contributed by atoms with E-state index in [9.17, 15) is 4.79 Å². The molecule has 19 heavy (non-hydrogen) atoms. The highest BCUT2D eigenvalue weighted by Gasteiger charge is 2.16. The molecule has 0 spiro atoms. The van der Waals surface area contributed by atoms with Crippen molar-refractivity contribution in [2.24, 2.45) is 0 Å². The van der Waals surface area contributed by atoms with Gasteiger partial charge in [0.15, 0.2) is 0 Å². The lowest BCUT2D eigenvalue weighted by Crippen LogP contribution is -1.96. The van der Waals surface area contributed by atoms with Crippen molar-refractivity contribution >= 4 is 52.4 Å². The third-order valence-corrected chi connectivity index (χ3v) is 4.07. The summed E-state index contributed by atoms with van der Waals surface area (Å²) in [5.74, 6) is -1.03. The molecule has 0 unspecified atom stereocenters. The first-order chi connectivity index (χ1) is 8.91. The Morgan fingerprint density at radius 1 is 0.947 bits per heavy atom. The summed E-state index contributed by atoms with van der Waals surface area (Å²) in [6.45, 7) is 0. The fourth-order valence-corrected chi connectivity index (χ4v) is 2.77. The standard InChI is InChI=1S/C13H6Cl4O2/c14-8-5-9(15)11(16)12(17)10(8)6-2-1-3-7(4-6)13(18)19/h1-5H,(H,18,19). The number of hydrogen-bond donors (Lipinski definition) is 1. The van der Waals surface area contributed by atoms with Gasteiger partial charge >= 0.3 is 5.97 Å². The predicted octanol–water partition coefficient (Wildman–Crippen LogP) is 5.67. The van der Waals surface area contributed by atoms with E-state index in [0.717, 1.165) is 0 Å². The molecule has 98 valence electrons. The molecule has 1 N–H and O–H groups in total. The van der Waals surface area contributed by atoms with Gasteiger partial charge in [-0.1, -0.05) is 58.5 Å². The molecule has 0 atom stereocenters. The zero-order valence-corrected chi connectivity index (χ0v) is 12.3. The molecule has 0 fully saturated rings. The van der Waals surface area contributed by atoms with Crippen molar-refractivity contribution in [1.82, 2.24) is 0 Å². The van der Waals surface area contributed by atoms with Crippen molar-refractivity contribution in [2.45, 2.75) is 0 Å². The Morgan fingerprint density at radius 2 is 1.63 bits per heavy atom. The molecule has 0 saturated heterocycles. The number of carbonyl (C=O) groups is 1. The van der Waals surface area contributed by atoms with Gasteiger partial charge in [0.1, 0.15) is 0 Å². The predicted molar refractivity (Wildman–Crippen MR) is 78.9 cm³/mol. The van der Waals surface area contributed by atoms with Crippen molar-refractivity contribution in [2.75, 3.05) is 0 Å². The molecular weight excluding hydrogens is 330 g/mol. The second kappa shape index (κ2) is 5.59. The van der Waals surface area contributed by atoms with E-state index in [0.29, 0.717) is 16.1 Å². The number of carboxylic acid groups (broad SMARTS) is 1. The lowest BCUT2D eigenvalue weighted by Gasteiger charge is -2.10. The van der Waals surface area contributed by atoms with Crippen LogP contribution in [0.2, 0.25) is 20.1 Å². The van der Waals surface area contributed by atoms with Gasteiger partial charge < -0.3 is 5.11 Å². The molecule has 2 rings (SSSR count). The molecule has 0 radical (unpaired) electrons. The van der Waals surface area contributed by atoms with Gasteiger partial charge in [0.25, 0.3) is 0 Å². The van der Waals surface area contributed by atoms with Gasteiger partial charge in [-0.15, -0.1) is 0 Å². The minimum atomic E-state index is -1.03. The van der Waals surface area contributed by atoms with Crippen LogP contribution in [0.15, 0.2) is 30.3 Å². The summed E-state index contributed by atoms with van der Waals surface area (Å²) in [5, 5.41) is 9.91. The van der Waals surface area contributed by atoms with Crippen LogP contribution in [0, 0.1) is 0 Å². The summed E-state index contributed by atoms with van der Waals surface area (Å²) in [6, 6.07) is 7.72. The molecular formula is C13H6Cl4O2. The molecule has 0 heterocycles. The first-order valence-corrected chi connectivity index (χ1v) is 6.59. The summed E-state index contributed by atoms with van der Waals surface area (Å²) < 4.78 is 0. The molecule has 2 aromatic rings. The number of hydrogen-bond acceptors (Lipinski definition) is 1. The molecule has 0 bridgehead atoms. The second-order valence-corrected chi connectivity index (χ2v) is 5.30. The molecule has 0 aliphatic heterocycles. The summed E-state index contributed by atoms with van der Waals surface area (Å²) in [6.07, 6.45) is 0. The molecule has 0 aliphatic rings. The Hall–Kier alpha value is -0.930. The van der Waals surface area contributed by atoms with E-state index >= 15 is 0 Å². The maximum absolute atomic E-state index is 11.0. The van der Waals surface area contributed by atoms with E-state index in [1.165, 1.54) is 18.2 Å². The van der Waals surface area contributed by atoms with Crippen molar-refractivity contribution in [3.63, 3.8) is 0 Å². The minimum absolute atomic E-state index is 0.135. The van der Waals surface area contributed by atoms with E-state index in [-0.39, 0.29) is 20.6 Å². The first kappa shape index (κ1) is 14.5. The number of benzene rings is 2. The lowest BCUT2D eigenvalue weighted by atomic mass is 10.0. The number of rotatable bonds is 2. The summed E-state index contributed by atoms with van der Waals surface area (Å²) >= 11 is 24.1. The Kier molecular flexibility index (Phi) is 4.26. The minimum Gasteiger partial charge on any atom is -0.478 e. The van der Waals surface area contributed by atoms with Crippen molar-refractivity contribution in [1.29, 1.82) is 0 Å². The smallest absolute Gasteiger partial charge is 0.335 e. The highest BCUT2D eigenvalue weighted by Crippen LogP contribution is 2.43. The Bertz CT molecular complexity index is 668. The van der Waals surface area contributed by atoms with Gasteiger partial charge in [-0.2, -0.15) is 0 Å². The van der Waals surface area contributed by atoms with Crippen molar-refractivity contribution in [3.8, 4) is 11.1 Å². The van der Waals surface area contributed by atoms with Crippen LogP contribution in [0.25, 0.3) is 11.1 Å². The van der Waals surface area contributed by atoms with Crippen LogP contribution in [0.5, 0.6) is 0 Å². The normalized spacial score (nSPS) is 10.5. The fraction of sp³-hybridized carbons (Fsp3) is 0. The monoisotopic (exact) mass is 334 g/mol. The largest absolute Gasteiger partial charge is 0.478 e. The van der Waals surface area contributed by atoms with Crippen LogP contribution in [0.3, 0.4) is 0 Å². The maximum atomic E-state index is 11.0. The summed E-state index contributed by atoms with van der Waals surface area (Å²) in [7, 11) is 0. The van der Waals surface area contributed by atoms with Gasteiger partial charge in [-0.25, -0.2) is 4.79 Å². The zero-order chi connectivity index (χ0) is 14.2. The van der Waals surface area contributed by atoms with E-state index in [2.05, 4.69) is 0 Å². The Labute approximate surface area is 129 Å². The van der Waals surface area contributed by atoms with Crippen molar-refractivity contribution in [3.05, 3.63) is 56.0 Å². The SMILES string of the molecule is O=C(O)c1cccc(-c2c(Cl)cc(Cl)c(Cl)c2Cl)c1. The number of carboxylic acids is 1. The van der Waals surface area contributed by atoms with E-state index in [1.807, 2.05) is 0 Å². The van der Waals surface area contributed by atoms with Crippen molar-refractivity contribution < 1.29 is 9.90 Å². The van der Waals surface area contributed by atoms with E-state index in [1.54, 1.807) is 12.1 Å². The van der Waals surface area contributed by atoms with Crippen LogP contribution in [0.1, 0.15) is 10.4 Å². The van der Waals surface area contributed by atoms with Gasteiger partial charge in [-0.05, 0) is 23.8 Å². The van der Waals surface area contributed by atoms with Crippen LogP contribution >= 0.6 is 46.4 Å². The average Bonchev–Trinajstić information content (AvgIpc) is 2.36. The molecule has 2 aromatic carbocycles. The lowest BCUT2D eigenvalue weighted by molar-refractivity contribution is 0.0697. The second-order valence-electron chi connectivity index (χ2n) is 3.73. The van der Waals surface area contributed by atoms with E-state index < -0.39 is 5.97 Å². The fourth-order valence-electron chi connectivity index (χ4n) is 1.64. The summed E-state index contributed by atoms with van der Waals surface area (Å²) in [5.41, 5.74) is 1.16. The molecule has 0 amide bonds. The molecule has 6 heteroatoms.